The number of para-hydroxylation sites is 1. The zero-order chi connectivity index (χ0) is 36.0. The van der Waals surface area contributed by atoms with Crippen molar-refractivity contribution in [1.29, 1.82) is 0 Å². The van der Waals surface area contributed by atoms with Crippen LogP contribution in [0.5, 0.6) is 0 Å². The van der Waals surface area contributed by atoms with Gasteiger partial charge in [0, 0.05) is 33.8 Å². The van der Waals surface area contributed by atoms with E-state index in [1.165, 1.54) is 38.6 Å². The van der Waals surface area contributed by atoms with Gasteiger partial charge in [0.05, 0.1) is 5.39 Å². The van der Waals surface area contributed by atoms with E-state index in [-0.39, 0.29) is 5.41 Å². The second-order valence-electron chi connectivity index (χ2n) is 14.7. The smallest absolute Gasteiger partial charge is 0.227 e. The molecule has 0 N–H and O–H groups in total. The van der Waals surface area contributed by atoms with E-state index in [1.54, 1.807) is 0 Å². The lowest BCUT2D eigenvalue weighted by Gasteiger charge is -2.28. The number of fused-ring (bicyclic) bond motifs is 8. The molecule has 0 aliphatic heterocycles. The third kappa shape index (κ3) is 4.53. The van der Waals surface area contributed by atoms with Gasteiger partial charge in [0.1, 0.15) is 22.4 Å². The van der Waals surface area contributed by atoms with Crippen molar-refractivity contribution in [2.45, 2.75) is 19.3 Å². The summed E-state index contributed by atoms with van der Waals surface area (Å²) < 4.78 is 13.5. The number of oxazole rings is 1. The first-order chi connectivity index (χ1) is 26.5. The molecular weight excluding hydrogens is 661 g/mol. The molecule has 54 heavy (non-hydrogen) atoms. The molecule has 4 heteroatoms. The van der Waals surface area contributed by atoms with E-state index in [1.807, 2.05) is 48.5 Å². The van der Waals surface area contributed by atoms with Gasteiger partial charge in [0.15, 0.2) is 5.58 Å². The fourth-order valence-electron chi connectivity index (χ4n) is 8.69. The van der Waals surface area contributed by atoms with Crippen molar-refractivity contribution in [2.24, 2.45) is 0 Å². The lowest BCUT2D eigenvalue weighted by Crippen LogP contribution is -2.15. The van der Waals surface area contributed by atoms with Gasteiger partial charge in [-0.25, -0.2) is 4.98 Å². The van der Waals surface area contributed by atoms with E-state index in [2.05, 4.69) is 140 Å². The van der Waals surface area contributed by atoms with Crippen LogP contribution in [0, 0.1) is 0 Å². The molecule has 0 saturated carbocycles. The Kier molecular flexibility index (Phi) is 6.56. The van der Waals surface area contributed by atoms with Crippen LogP contribution < -0.4 is 4.90 Å². The summed E-state index contributed by atoms with van der Waals surface area (Å²) in [5, 5.41) is 4.46. The van der Waals surface area contributed by atoms with Gasteiger partial charge < -0.3 is 13.7 Å². The van der Waals surface area contributed by atoms with Gasteiger partial charge in [-0.1, -0.05) is 135 Å². The molecule has 0 bridgehead atoms. The van der Waals surface area contributed by atoms with Gasteiger partial charge in [0.2, 0.25) is 5.89 Å². The molecule has 2 heterocycles. The number of furan rings is 1. The van der Waals surface area contributed by atoms with E-state index < -0.39 is 0 Å². The van der Waals surface area contributed by atoms with Gasteiger partial charge in [-0.05, 0) is 86.6 Å². The molecule has 0 saturated heterocycles. The molecule has 0 amide bonds. The molecule has 2 aromatic heterocycles. The van der Waals surface area contributed by atoms with Gasteiger partial charge in [0.25, 0.3) is 0 Å². The van der Waals surface area contributed by atoms with E-state index in [9.17, 15) is 0 Å². The maximum absolute atomic E-state index is 6.86. The second kappa shape index (κ2) is 11.5. The van der Waals surface area contributed by atoms with Gasteiger partial charge in [-0.15, -0.1) is 0 Å². The fraction of sp³-hybridized carbons (Fsp3) is 0.0600. The van der Waals surface area contributed by atoms with Crippen LogP contribution >= 0.6 is 0 Å². The standard InChI is InChI=1S/C50H34N2O2/c1-50(2)41-21-10-8-18-38(41)40-29-35(27-28-42(40)50)52(34-25-23-32(24-26-34)37-20-12-16-31-13-6-7-17-36(31)37)47-46-39-19-9-11-22-44(39)53-45(46)30-43-48(47)54-49(51-43)33-14-4-3-5-15-33/h3-30H,1-2H3. The van der Waals surface area contributed by atoms with Crippen molar-refractivity contribution in [1.82, 2.24) is 4.98 Å². The Labute approximate surface area is 312 Å². The minimum atomic E-state index is -0.112. The van der Waals surface area contributed by atoms with Crippen molar-refractivity contribution in [2.75, 3.05) is 4.90 Å². The molecule has 256 valence electrons. The van der Waals surface area contributed by atoms with E-state index in [0.717, 1.165) is 55.6 Å². The van der Waals surface area contributed by atoms with E-state index in [4.69, 9.17) is 13.8 Å². The fourth-order valence-corrected chi connectivity index (χ4v) is 8.69. The highest BCUT2D eigenvalue weighted by atomic mass is 16.4. The van der Waals surface area contributed by atoms with Gasteiger partial charge >= 0.3 is 0 Å². The Hall–Kier alpha value is -6.91. The van der Waals surface area contributed by atoms with Crippen molar-refractivity contribution >= 4 is 60.9 Å². The molecule has 0 fully saturated rings. The Morgan fingerprint density at radius 2 is 1.19 bits per heavy atom. The number of nitrogens with zero attached hydrogens (tertiary/aromatic N) is 2. The maximum Gasteiger partial charge on any atom is 0.227 e. The number of benzene rings is 8. The lowest BCUT2D eigenvalue weighted by atomic mass is 9.82. The Bertz CT molecular complexity index is 3070. The second-order valence-corrected chi connectivity index (χ2v) is 14.7. The van der Waals surface area contributed by atoms with Crippen LogP contribution in [0.3, 0.4) is 0 Å². The third-order valence-electron chi connectivity index (χ3n) is 11.3. The van der Waals surface area contributed by atoms with Crippen molar-refractivity contribution in [3.63, 3.8) is 0 Å². The summed E-state index contributed by atoms with van der Waals surface area (Å²) in [6.45, 7) is 4.64. The summed E-state index contributed by atoms with van der Waals surface area (Å²) in [6, 6.07) is 60.1. The average molecular weight is 695 g/mol. The lowest BCUT2D eigenvalue weighted by molar-refractivity contribution is 0.620. The van der Waals surface area contributed by atoms with Crippen LogP contribution in [0.4, 0.5) is 17.1 Å². The minimum Gasteiger partial charge on any atom is -0.456 e. The van der Waals surface area contributed by atoms with Gasteiger partial charge in [-0.3, -0.25) is 0 Å². The number of aromatic nitrogens is 1. The summed E-state index contributed by atoms with van der Waals surface area (Å²) in [6.07, 6.45) is 0. The van der Waals surface area contributed by atoms with Crippen LogP contribution in [-0.2, 0) is 5.41 Å². The summed E-state index contributed by atoms with van der Waals surface area (Å²) in [5.74, 6) is 0.569. The SMILES string of the molecule is CC1(C)c2ccccc2-c2cc(N(c3ccc(-c4cccc5ccccc45)cc3)c3c4oc(-c5ccccc5)nc4cc4oc5ccccc5c34)ccc21. The first-order valence-electron chi connectivity index (χ1n) is 18.5. The molecule has 0 spiro atoms. The molecule has 8 aromatic carbocycles. The van der Waals surface area contributed by atoms with Crippen molar-refractivity contribution in [3.05, 3.63) is 181 Å². The topological polar surface area (TPSA) is 42.4 Å². The van der Waals surface area contributed by atoms with Gasteiger partial charge in [-0.2, -0.15) is 0 Å². The quantitative estimate of drug-likeness (QED) is 0.180. The minimum absolute atomic E-state index is 0.112. The van der Waals surface area contributed by atoms with Crippen LogP contribution in [-0.4, -0.2) is 4.98 Å². The zero-order valence-electron chi connectivity index (χ0n) is 29.9. The monoisotopic (exact) mass is 694 g/mol. The summed E-state index contributed by atoms with van der Waals surface area (Å²) >= 11 is 0. The van der Waals surface area contributed by atoms with Crippen LogP contribution in [0.2, 0.25) is 0 Å². The summed E-state index contributed by atoms with van der Waals surface area (Å²) in [7, 11) is 0. The highest BCUT2D eigenvalue weighted by Gasteiger charge is 2.36. The number of hydrogen-bond acceptors (Lipinski definition) is 4. The molecule has 4 nitrogen and oxygen atoms in total. The zero-order valence-corrected chi connectivity index (χ0v) is 29.9. The molecule has 0 atom stereocenters. The predicted molar refractivity (Wildman–Crippen MR) is 222 cm³/mol. The normalized spacial score (nSPS) is 13.1. The Balaban J connectivity index is 1.20. The number of hydrogen-bond donors (Lipinski definition) is 0. The summed E-state index contributed by atoms with van der Waals surface area (Å²) in [4.78, 5) is 7.41. The third-order valence-corrected chi connectivity index (χ3v) is 11.3. The summed E-state index contributed by atoms with van der Waals surface area (Å²) in [5.41, 5.74) is 14.3. The van der Waals surface area contributed by atoms with Crippen LogP contribution in [0.1, 0.15) is 25.0 Å². The first kappa shape index (κ1) is 30.7. The highest BCUT2D eigenvalue weighted by Crippen LogP contribution is 2.53. The molecule has 1 aliphatic carbocycles. The first-order valence-corrected chi connectivity index (χ1v) is 18.5. The highest BCUT2D eigenvalue weighted by molar-refractivity contribution is 6.20. The largest absolute Gasteiger partial charge is 0.456 e. The van der Waals surface area contributed by atoms with E-state index >= 15 is 0 Å². The van der Waals surface area contributed by atoms with Crippen molar-refractivity contribution < 1.29 is 8.83 Å². The maximum atomic E-state index is 6.86. The van der Waals surface area contributed by atoms with Crippen molar-refractivity contribution in [3.8, 4) is 33.7 Å². The Morgan fingerprint density at radius 1 is 0.500 bits per heavy atom. The van der Waals surface area contributed by atoms with E-state index in [0.29, 0.717) is 11.5 Å². The molecule has 11 rings (SSSR count). The molecule has 0 radical (unpaired) electrons. The average Bonchev–Trinajstić information content (AvgIpc) is 3.88. The molecule has 10 aromatic rings. The number of anilines is 3. The van der Waals surface area contributed by atoms with Crippen LogP contribution in [0.25, 0.3) is 77.5 Å². The Morgan fingerprint density at radius 3 is 2.06 bits per heavy atom. The molecule has 0 unspecified atom stereocenters. The molecular formula is C50H34N2O2. The predicted octanol–water partition coefficient (Wildman–Crippen LogP) is 14.0. The number of rotatable bonds is 5. The molecule has 1 aliphatic rings. The van der Waals surface area contributed by atoms with Crippen LogP contribution in [0.15, 0.2) is 179 Å².